The van der Waals surface area contributed by atoms with E-state index >= 15 is 0 Å². The first-order valence-corrected chi connectivity index (χ1v) is 7.09. The molecule has 0 fully saturated rings. The monoisotopic (exact) mass is 395 g/mol. The Morgan fingerprint density at radius 3 is 1.96 bits per heavy atom. The van der Waals surface area contributed by atoms with Gasteiger partial charge in [-0.1, -0.05) is 6.07 Å². The van der Waals surface area contributed by atoms with Crippen LogP contribution in [-0.2, 0) is 12.4 Å². The molecule has 146 valence electrons. The van der Waals surface area contributed by atoms with E-state index in [1.54, 1.807) is 0 Å². The van der Waals surface area contributed by atoms with Crippen LogP contribution in [0.5, 0.6) is 0 Å². The number of hydrogen-bond acceptors (Lipinski definition) is 5. The smallest absolute Gasteiger partial charge is 0.275 e. The lowest BCUT2D eigenvalue weighted by Gasteiger charge is -2.21. The van der Waals surface area contributed by atoms with Gasteiger partial charge in [0.15, 0.2) is 0 Å². The molecule has 0 saturated heterocycles. The highest BCUT2D eigenvalue weighted by Crippen LogP contribution is 2.37. The van der Waals surface area contributed by atoms with Gasteiger partial charge in [-0.2, -0.15) is 31.5 Å². The normalized spacial score (nSPS) is 12.0. The molecule has 2 rings (SSSR count). The van der Waals surface area contributed by atoms with E-state index < -0.39 is 39.8 Å². The van der Waals surface area contributed by atoms with Crippen molar-refractivity contribution >= 4 is 17.1 Å². The van der Waals surface area contributed by atoms with Gasteiger partial charge in [0, 0.05) is 11.6 Å². The molecule has 0 aliphatic rings. The molecule has 2 N–H and O–H groups in total. The maximum Gasteiger partial charge on any atom is 0.416 e. The molecule has 0 atom stereocenters. The average molecular weight is 395 g/mol. The van der Waals surface area contributed by atoms with Gasteiger partial charge >= 0.3 is 12.4 Å². The predicted octanol–water partition coefficient (Wildman–Crippen LogP) is 5.16. The molecule has 0 saturated carbocycles. The van der Waals surface area contributed by atoms with Gasteiger partial charge in [-0.05, 0) is 31.2 Å². The standard InChI is InChI=1S/C15H11F6N3O3/c1-8-2-3-12(7-13(8)24(26)27)23(25)22-11-5-9(14(16,17)18)4-10(6-11)15(19,20)21/h2-7,22,25H,1H3. The molecule has 0 aromatic heterocycles. The molecule has 0 heterocycles. The third kappa shape index (κ3) is 4.78. The zero-order chi connectivity index (χ0) is 20.6. The van der Waals surface area contributed by atoms with Crippen LogP contribution in [0.15, 0.2) is 36.4 Å². The second-order valence-electron chi connectivity index (χ2n) is 5.45. The quantitative estimate of drug-likeness (QED) is 0.425. The van der Waals surface area contributed by atoms with E-state index in [-0.39, 0.29) is 22.5 Å². The van der Waals surface area contributed by atoms with Gasteiger partial charge in [0.05, 0.1) is 27.4 Å². The Morgan fingerprint density at radius 2 is 1.52 bits per heavy atom. The Bertz CT molecular complexity index is 835. The van der Waals surface area contributed by atoms with E-state index in [2.05, 4.69) is 0 Å². The summed E-state index contributed by atoms with van der Waals surface area (Å²) in [6.45, 7) is 1.42. The van der Waals surface area contributed by atoms with Crippen molar-refractivity contribution in [2.45, 2.75) is 19.3 Å². The lowest BCUT2D eigenvalue weighted by Crippen LogP contribution is -2.26. The first kappa shape index (κ1) is 20.3. The van der Waals surface area contributed by atoms with Crippen molar-refractivity contribution in [1.82, 2.24) is 0 Å². The Balaban J connectivity index is 2.41. The summed E-state index contributed by atoms with van der Waals surface area (Å²) < 4.78 is 77.0. The largest absolute Gasteiger partial charge is 0.416 e. The third-order valence-corrected chi connectivity index (χ3v) is 3.46. The van der Waals surface area contributed by atoms with Crippen molar-refractivity contribution < 1.29 is 36.5 Å². The number of hydrazine groups is 1. The van der Waals surface area contributed by atoms with Gasteiger partial charge in [-0.15, -0.1) is 0 Å². The van der Waals surface area contributed by atoms with Gasteiger partial charge in [-0.3, -0.25) is 20.7 Å². The summed E-state index contributed by atoms with van der Waals surface area (Å²) in [7, 11) is 0. The summed E-state index contributed by atoms with van der Waals surface area (Å²) in [5.41, 5.74) is -2.36. The highest BCUT2D eigenvalue weighted by molar-refractivity contribution is 5.60. The van der Waals surface area contributed by atoms with Crippen molar-refractivity contribution in [2.24, 2.45) is 0 Å². The molecule has 2 aromatic carbocycles. The van der Waals surface area contributed by atoms with Crippen molar-refractivity contribution in [3.05, 3.63) is 63.2 Å². The van der Waals surface area contributed by atoms with Crippen molar-refractivity contribution in [3.8, 4) is 0 Å². The highest BCUT2D eigenvalue weighted by atomic mass is 19.4. The number of aryl methyl sites for hydroxylation is 1. The molecule has 0 spiro atoms. The number of nitrogens with zero attached hydrogens (tertiary/aromatic N) is 2. The fourth-order valence-electron chi connectivity index (χ4n) is 2.13. The molecular weight excluding hydrogens is 384 g/mol. The topological polar surface area (TPSA) is 78.6 Å². The number of nitrogens with one attached hydrogen (secondary N) is 1. The van der Waals surface area contributed by atoms with E-state index in [9.17, 15) is 41.7 Å². The first-order valence-electron chi connectivity index (χ1n) is 7.09. The number of halogens is 6. The van der Waals surface area contributed by atoms with Crippen LogP contribution in [0.2, 0.25) is 0 Å². The van der Waals surface area contributed by atoms with Crippen LogP contribution in [0.4, 0.5) is 43.4 Å². The summed E-state index contributed by atoms with van der Waals surface area (Å²) in [5, 5.41) is 20.9. The molecule has 0 amide bonds. The summed E-state index contributed by atoms with van der Waals surface area (Å²) in [4.78, 5) is 10.1. The molecule has 0 aliphatic carbocycles. The van der Waals surface area contributed by atoms with Crippen LogP contribution < -0.4 is 10.6 Å². The van der Waals surface area contributed by atoms with Crippen LogP contribution in [0.3, 0.4) is 0 Å². The number of benzene rings is 2. The van der Waals surface area contributed by atoms with Crippen LogP contribution in [0, 0.1) is 17.0 Å². The van der Waals surface area contributed by atoms with Gasteiger partial charge in [0.2, 0.25) is 0 Å². The minimum absolute atomic E-state index is 0.0659. The molecule has 0 unspecified atom stereocenters. The minimum atomic E-state index is -5.05. The zero-order valence-corrected chi connectivity index (χ0v) is 13.4. The SMILES string of the molecule is Cc1ccc(N(O)Nc2cc(C(F)(F)F)cc(C(F)(F)F)c2)cc1[N+](=O)[O-]. The average Bonchev–Trinajstić information content (AvgIpc) is 2.53. The first-order chi connectivity index (χ1) is 12.3. The molecule has 6 nitrogen and oxygen atoms in total. The van der Waals surface area contributed by atoms with E-state index in [4.69, 9.17) is 0 Å². The summed E-state index contributed by atoms with van der Waals surface area (Å²) in [5.74, 6) is 0. The molecule has 0 aliphatic heterocycles. The molecule has 12 heteroatoms. The van der Waals surface area contributed by atoms with Gasteiger partial charge in [0.1, 0.15) is 0 Å². The molecule has 27 heavy (non-hydrogen) atoms. The maximum atomic E-state index is 12.8. The van der Waals surface area contributed by atoms with Crippen LogP contribution in [0.25, 0.3) is 0 Å². The summed E-state index contributed by atoms with van der Waals surface area (Å²) in [6.07, 6.45) is -10.1. The fourth-order valence-corrected chi connectivity index (χ4v) is 2.13. The van der Waals surface area contributed by atoms with Gasteiger partial charge in [-0.25, -0.2) is 0 Å². The van der Waals surface area contributed by atoms with Crippen LogP contribution >= 0.6 is 0 Å². The van der Waals surface area contributed by atoms with E-state index in [0.29, 0.717) is 12.1 Å². The number of anilines is 2. The number of alkyl halides is 6. The Morgan fingerprint density at radius 1 is 1.00 bits per heavy atom. The Labute approximate surface area is 147 Å². The van der Waals surface area contributed by atoms with Gasteiger partial charge in [0.25, 0.3) is 5.69 Å². The molecule has 2 aromatic rings. The summed E-state index contributed by atoms with van der Waals surface area (Å²) >= 11 is 0. The Hall–Kier alpha value is -3.02. The second kappa shape index (κ2) is 6.95. The maximum absolute atomic E-state index is 12.8. The zero-order valence-electron chi connectivity index (χ0n) is 13.4. The fraction of sp³-hybridized carbons (Fsp3) is 0.200. The summed E-state index contributed by atoms with van der Waals surface area (Å²) in [6, 6.07) is 4.01. The Kier molecular flexibility index (Phi) is 5.22. The molecule has 0 bridgehead atoms. The third-order valence-electron chi connectivity index (χ3n) is 3.46. The second-order valence-corrected chi connectivity index (χ2v) is 5.45. The van der Waals surface area contributed by atoms with Crippen LogP contribution in [0.1, 0.15) is 16.7 Å². The van der Waals surface area contributed by atoms with Gasteiger partial charge < -0.3 is 0 Å². The minimum Gasteiger partial charge on any atom is -0.275 e. The molecular formula is C15H11F6N3O3. The van der Waals surface area contributed by atoms with Crippen molar-refractivity contribution in [3.63, 3.8) is 0 Å². The number of nitro groups is 1. The number of rotatable bonds is 4. The highest BCUT2D eigenvalue weighted by Gasteiger charge is 2.37. The number of hydrogen-bond donors (Lipinski definition) is 2. The van der Waals surface area contributed by atoms with Crippen molar-refractivity contribution in [1.29, 1.82) is 0 Å². The predicted molar refractivity (Wildman–Crippen MR) is 82.2 cm³/mol. The van der Waals surface area contributed by atoms with Crippen molar-refractivity contribution in [2.75, 3.05) is 10.6 Å². The van der Waals surface area contributed by atoms with Crippen LogP contribution in [-0.4, -0.2) is 10.1 Å². The molecule has 0 radical (unpaired) electrons. The van der Waals surface area contributed by atoms with E-state index in [0.717, 1.165) is 6.07 Å². The van der Waals surface area contributed by atoms with E-state index in [1.165, 1.54) is 19.1 Å². The number of nitro benzene ring substituents is 1. The van der Waals surface area contributed by atoms with E-state index in [1.807, 2.05) is 5.43 Å². The lowest BCUT2D eigenvalue weighted by atomic mass is 10.1. The lowest BCUT2D eigenvalue weighted by molar-refractivity contribution is -0.385.